The van der Waals surface area contributed by atoms with E-state index in [1.165, 1.54) is 4.68 Å². The van der Waals surface area contributed by atoms with E-state index in [-0.39, 0.29) is 12.2 Å². The van der Waals surface area contributed by atoms with Crippen LogP contribution in [0.15, 0.2) is 12.4 Å². The first-order chi connectivity index (χ1) is 8.13. The van der Waals surface area contributed by atoms with Gasteiger partial charge in [-0.3, -0.25) is 0 Å². The third kappa shape index (κ3) is 2.02. The highest BCUT2D eigenvalue weighted by Crippen LogP contribution is 2.07. The molecular weight excluding hydrogens is 224 g/mol. The Bertz CT molecular complexity index is 543. The molecule has 0 bridgehead atoms. The maximum absolute atomic E-state index is 10.9. The van der Waals surface area contributed by atoms with E-state index in [4.69, 9.17) is 10.8 Å². The van der Waals surface area contributed by atoms with E-state index in [0.29, 0.717) is 12.2 Å². The Kier molecular flexibility index (Phi) is 2.88. The van der Waals surface area contributed by atoms with E-state index >= 15 is 0 Å². The zero-order valence-electron chi connectivity index (χ0n) is 9.24. The minimum absolute atomic E-state index is 0.0685. The van der Waals surface area contributed by atoms with E-state index in [1.54, 1.807) is 12.4 Å². The summed E-state index contributed by atoms with van der Waals surface area (Å²) in [6, 6.07) is 0. The largest absolute Gasteiger partial charge is 0.476 e. The lowest BCUT2D eigenvalue weighted by Gasteiger charge is -2.04. The molecule has 2 rings (SSSR count). The molecule has 0 atom stereocenters. The van der Waals surface area contributed by atoms with Crippen LogP contribution in [0.4, 0.5) is 0 Å². The van der Waals surface area contributed by atoms with Crippen molar-refractivity contribution in [2.75, 3.05) is 0 Å². The number of hydrogen-bond acceptors (Lipinski definition) is 5. The van der Waals surface area contributed by atoms with Crippen molar-refractivity contribution < 1.29 is 9.90 Å². The number of nitrogens with two attached hydrogens (primary N) is 1. The number of aromatic carboxylic acids is 1. The second-order valence-electron chi connectivity index (χ2n) is 3.51. The molecule has 3 N–H and O–H groups in total. The lowest BCUT2D eigenvalue weighted by molar-refractivity contribution is 0.0689. The van der Waals surface area contributed by atoms with E-state index in [2.05, 4.69) is 15.3 Å². The van der Waals surface area contributed by atoms with Crippen molar-refractivity contribution in [2.45, 2.75) is 13.1 Å². The second kappa shape index (κ2) is 4.34. The van der Waals surface area contributed by atoms with Crippen molar-refractivity contribution in [1.82, 2.24) is 24.5 Å². The van der Waals surface area contributed by atoms with Gasteiger partial charge in [0, 0.05) is 26.0 Å². The number of hydrogen-bond donors (Lipinski definition) is 2. The summed E-state index contributed by atoms with van der Waals surface area (Å²) in [5.41, 5.74) is 5.79. The van der Waals surface area contributed by atoms with E-state index in [1.807, 2.05) is 11.6 Å². The molecule has 0 saturated carbocycles. The standard InChI is InChI=1S/C9H12N6O2/c1-14-3-2-11-7(14)5-15-6(4-10)8(9(16)17)12-13-15/h2-3H,4-5,10H2,1H3,(H,16,17). The minimum Gasteiger partial charge on any atom is -0.476 e. The fourth-order valence-electron chi connectivity index (χ4n) is 1.51. The van der Waals surface area contributed by atoms with Crippen LogP contribution in [-0.4, -0.2) is 35.6 Å². The predicted octanol–water partition coefficient (Wildman–Crippen LogP) is -0.783. The monoisotopic (exact) mass is 236 g/mol. The lowest BCUT2D eigenvalue weighted by atomic mass is 10.3. The SMILES string of the molecule is Cn1ccnc1Cn1nnc(C(=O)O)c1CN. The lowest BCUT2D eigenvalue weighted by Crippen LogP contribution is -2.15. The quantitative estimate of drug-likeness (QED) is 0.720. The normalized spacial score (nSPS) is 10.7. The van der Waals surface area contributed by atoms with Crippen molar-refractivity contribution in [3.8, 4) is 0 Å². The molecule has 0 radical (unpaired) electrons. The van der Waals surface area contributed by atoms with Crippen molar-refractivity contribution in [3.05, 3.63) is 29.6 Å². The number of aryl methyl sites for hydroxylation is 1. The second-order valence-corrected chi connectivity index (χ2v) is 3.51. The first-order valence-electron chi connectivity index (χ1n) is 4.95. The van der Waals surface area contributed by atoms with Crippen molar-refractivity contribution in [3.63, 3.8) is 0 Å². The van der Waals surface area contributed by atoms with Crippen LogP contribution in [-0.2, 0) is 20.1 Å². The van der Waals surface area contributed by atoms with Crippen LogP contribution in [0.25, 0.3) is 0 Å². The number of rotatable bonds is 4. The average molecular weight is 236 g/mol. The molecule has 0 aliphatic rings. The molecule has 8 nitrogen and oxygen atoms in total. The molecule has 0 aliphatic carbocycles. The van der Waals surface area contributed by atoms with Gasteiger partial charge in [-0.25, -0.2) is 14.5 Å². The molecule has 0 unspecified atom stereocenters. The van der Waals surface area contributed by atoms with Gasteiger partial charge in [0.25, 0.3) is 0 Å². The molecule has 0 fully saturated rings. The first kappa shape index (κ1) is 11.3. The summed E-state index contributed by atoms with van der Waals surface area (Å²) < 4.78 is 3.27. The zero-order chi connectivity index (χ0) is 12.4. The molecule has 8 heteroatoms. The topological polar surface area (TPSA) is 112 Å². The molecule has 0 amide bonds. The Balaban J connectivity index is 2.34. The highest BCUT2D eigenvalue weighted by Gasteiger charge is 2.18. The molecule has 0 spiro atoms. The number of aromatic nitrogens is 5. The highest BCUT2D eigenvalue weighted by molar-refractivity contribution is 5.86. The van der Waals surface area contributed by atoms with Gasteiger partial charge in [-0.2, -0.15) is 0 Å². The van der Waals surface area contributed by atoms with Crippen LogP contribution < -0.4 is 5.73 Å². The van der Waals surface area contributed by atoms with Gasteiger partial charge in [-0.1, -0.05) is 5.21 Å². The van der Waals surface area contributed by atoms with Gasteiger partial charge in [-0.15, -0.1) is 5.10 Å². The highest BCUT2D eigenvalue weighted by atomic mass is 16.4. The van der Waals surface area contributed by atoms with Crippen LogP contribution in [0.3, 0.4) is 0 Å². The Morgan fingerprint density at radius 2 is 2.35 bits per heavy atom. The van der Waals surface area contributed by atoms with Gasteiger partial charge < -0.3 is 15.4 Å². The molecule has 0 aliphatic heterocycles. The first-order valence-corrected chi connectivity index (χ1v) is 4.95. The number of carboxylic acid groups (broad SMARTS) is 1. The maximum atomic E-state index is 10.9. The fraction of sp³-hybridized carbons (Fsp3) is 0.333. The predicted molar refractivity (Wildman–Crippen MR) is 57.2 cm³/mol. The smallest absolute Gasteiger partial charge is 0.358 e. The van der Waals surface area contributed by atoms with Crippen LogP contribution in [0, 0.1) is 0 Å². The van der Waals surface area contributed by atoms with Gasteiger partial charge >= 0.3 is 5.97 Å². The van der Waals surface area contributed by atoms with Gasteiger partial charge in [0.15, 0.2) is 5.69 Å². The molecule has 0 saturated heterocycles. The summed E-state index contributed by atoms with van der Waals surface area (Å²) in [5.74, 6) is -0.377. The van der Waals surface area contributed by atoms with Gasteiger partial charge in [0.2, 0.25) is 0 Å². The van der Waals surface area contributed by atoms with Crippen molar-refractivity contribution >= 4 is 5.97 Å². The molecule has 2 aromatic rings. The molecular formula is C9H12N6O2. The van der Waals surface area contributed by atoms with Gasteiger partial charge in [-0.05, 0) is 0 Å². The fourth-order valence-corrected chi connectivity index (χ4v) is 1.51. The van der Waals surface area contributed by atoms with Crippen molar-refractivity contribution in [2.24, 2.45) is 12.8 Å². The number of carbonyl (C=O) groups is 1. The third-order valence-electron chi connectivity index (χ3n) is 2.45. The number of carboxylic acids is 1. The van der Waals surface area contributed by atoms with E-state index < -0.39 is 5.97 Å². The van der Waals surface area contributed by atoms with Crippen LogP contribution in [0.2, 0.25) is 0 Å². The summed E-state index contributed by atoms with van der Waals surface area (Å²) in [5, 5.41) is 16.3. The molecule has 90 valence electrons. The van der Waals surface area contributed by atoms with Crippen LogP contribution >= 0.6 is 0 Å². The van der Waals surface area contributed by atoms with E-state index in [0.717, 1.165) is 5.82 Å². The average Bonchev–Trinajstić information content (AvgIpc) is 2.86. The van der Waals surface area contributed by atoms with Crippen LogP contribution in [0.5, 0.6) is 0 Å². The third-order valence-corrected chi connectivity index (χ3v) is 2.45. The summed E-state index contributed by atoms with van der Waals surface area (Å²) in [6.07, 6.45) is 3.46. The van der Waals surface area contributed by atoms with Crippen molar-refractivity contribution in [1.29, 1.82) is 0 Å². The van der Waals surface area contributed by atoms with E-state index in [9.17, 15) is 4.79 Å². The van der Waals surface area contributed by atoms with Crippen LogP contribution in [0.1, 0.15) is 22.0 Å². The Morgan fingerprint density at radius 1 is 1.59 bits per heavy atom. The summed E-state index contributed by atoms with van der Waals surface area (Å²) in [4.78, 5) is 15.0. The summed E-state index contributed by atoms with van der Waals surface area (Å²) in [6.45, 7) is 0.412. The molecule has 0 aromatic carbocycles. The minimum atomic E-state index is -1.13. The Morgan fingerprint density at radius 3 is 2.88 bits per heavy atom. The maximum Gasteiger partial charge on any atom is 0.358 e. The molecule has 17 heavy (non-hydrogen) atoms. The Labute approximate surface area is 96.7 Å². The Hall–Kier alpha value is -2.22. The number of imidazole rings is 1. The molecule has 2 heterocycles. The summed E-state index contributed by atoms with van der Waals surface area (Å²) >= 11 is 0. The van der Waals surface area contributed by atoms with Gasteiger partial charge in [0.05, 0.1) is 5.69 Å². The summed E-state index contributed by atoms with van der Waals surface area (Å²) in [7, 11) is 1.85. The van der Waals surface area contributed by atoms with Gasteiger partial charge in [0.1, 0.15) is 12.4 Å². The number of nitrogens with zero attached hydrogens (tertiary/aromatic N) is 5. The molecule has 2 aromatic heterocycles. The zero-order valence-corrected chi connectivity index (χ0v) is 9.24.